The summed E-state index contributed by atoms with van der Waals surface area (Å²) in [4.78, 5) is 14.5. The molecule has 2 saturated heterocycles. The zero-order chi connectivity index (χ0) is 11.0. The first kappa shape index (κ1) is 13.1. The van der Waals surface area contributed by atoms with Gasteiger partial charge >= 0.3 is 0 Å². The molecule has 0 spiro atoms. The van der Waals surface area contributed by atoms with Gasteiger partial charge in [-0.2, -0.15) is 0 Å². The molecule has 0 aromatic carbocycles. The molecule has 1 aliphatic carbocycles. The van der Waals surface area contributed by atoms with E-state index in [1.54, 1.807) is 0 Å². The largest absolute Gasteiger partial charge is 0.374 e. The van der Waals surface area contributed by atoms with E-state index in [4.69, 9.17) is 4.74 Å². The smallest absolute Gasteiger partial charge is 0.227 e. The quantitative estimate of drug-likeness (QED) is 0.758. The first-order chi connectivity index (χ1) is 7.86. The molecule has 1 saturated carbocycles. The minimum atomic E-state index is 0. The molecule has 4 nitrogen and oxygen atoms in total. The number of hydrogen-bond donors (Lipinski definition) is 1. The number of carbonyl (C=O) groups is 1. The van der Waals surface area contributed by atoms with Crippen LogP contribution >= 0.6 is 12.4 Å². The third-order valence-electron chi connectivity index (χ3n) is 4.17. The van der Waals surface area contributed by atoms with Crippen molar-refractivity contribution in [1.29, 1.82) is 0 Å². The third kappa shape index (κ3) is 2.44. The van der Waals surface area contributed by atoms with Crippen molar-refractivity contribution in [2.45, 2.75) is 37.8 Å². The molecular formula is C12H21ClN2O2. The summed E-state index contributed by atoms with van der Waals surface area (Å²) in [5.74, 6) is 0.588. The van der Waals surface area contributed by atoms with E-state index in [2.05, 4.69) is 10.2 Å². The van der Waals surface area contributed by atoms with Crippen molar-refractivity contribution in [2.24, 2.45) is 5.92 Å². The fourth-order valence-corrected chi connectivity index (χ4v) is 3.30. The summed E-state index contributed by atoms with van der Waals surface area (Å²) in [6, 6.07) is 0.377. The SMILES string of the molecule is Cl.O=C(C1CCNC1)N1CCOC2CCCC21. The highest BCUT2D eigenvalue weighted by Crippen LogP contribution is 2.31. The summed E-state index contributed by atoms with van der Waals surface area (Å²) in [6.45, 7) is 3.39. The highest BCUT2D eigenvalue weighted by atomic mass is 35.5. The first-order valence-corrected chi connectivity index (χ1v) is 6.49. The number of halogens is 1. The molecule has 0 bridgehead atoms. The number of nitrogens with zero attached hydrogens (tertiary/aromatic N) is 1. The average molecular weight is 261 g/mol. The molecule has 3 rings (SSSR count). The van der Waals surface area contributed by atoms with Gasteiger partial charge in [0.2, 0.25) is 5.91 Å². The first-order valence-electron chi connectivity index (χ1n) is 6.49. The summed E-state index contributed by atoms with van der Waals surface area (Å²) in [7, 11) is 0. The van der Waals surface area contributed by atoms with Gasteiger partial charge in [0, 0.05) is 13.1 Å². The Bertz CT molecular complexity index is 282. The van der Waals surface area contributed by atoms with Crippen LogP contribution in [-0.2, 0) is 9.53 Å². The van der Waals surface area contributed by atoms with Crippen molar-refractivity contribution < 1.29 is 9.53 Å². The van der Waals surface area contributed by atoms with E-state index >= 15 is 0 Å². The van der Waals surface area contributed by atoms with Gasteiger partial charge in [-0.1, -0.05) is 0 Å². The second-order valence-corrected chi connectivity index (χ2v) is 5.13. The zero-order valence-electron chi connectivity index (χ0n) is 10.1. The van der Waals surface area contributed by atoms with Crippen LogP contribution in [0.1, 0.15) is 25.7 Å². The van der Waals surface area contributed by atoms with Crippen molar-refractivity contribution in [3.63, 3.8) is 0 Å². The maximum absolute atomic E-state index is 12.4. The van der Waals surface area contributed by atoms with Crippen LogP contribution in [-0.4, -0.2) is 49.2 Å². The van der Waals surface area contributed by atoms with Gasteiger partial charge in [0.05, 0.1) is 24.7 Å². The molecule has 3 fully saturated rings. The standard InChI is InChI=1S/C12H20N2O2.ClH/c15-12(9-4-5-13-8-9)14-6-7-16-11-3-1-2-10(11)14;/h9-11,13H,1-8H2;1H. The van der Waals surface area contributed by atoms with Crippen LogP contribution in [0.15, 0.2) is 0 Å². The highest BCUT2D eigenvalue weighted by molar-refractivity contribution is 5.85. The molecule has 0 radical (unpaired) electrons. The van der Waals surface area contributed by atoms with Gasteiger partial charge in [0.1, 0.15) is 0 Å². The third-order valence-corrected chi connectivity index (χ3v) is 4.17. The van der Waals surface area contributed by atoms with Crippen LogP contribution < -0.4 is 5.32 Å². The van der Waals surface area contributed by atoms with Crippen LogP contribution in [0, 0.1) is 5.92 Å². The average Bonchev–Trinajstić information content (AvgIpc) is 2.98. The number of amides is 1. The monoisotopic (exact) mass is 260 g/mol. The van der Waals surface area contributed by atoms with E-state index in [1.165, 1.54) is 6.42 Å². The van der Waals surface area contributed by atoms with Gasteiger partial charge in [-0.25, -0.2) is 0 Å². The van der Waals surface area contributed by atoms with Crippen LogP contribution in [0.2, 0.25) is 0 Å². The Morgan fingerprint density at radius 2 is 2.18 bits per heavy atom. The lowest BCUT2D eigenvalue weighted by Gasteiger charge is -2.38. The predicted octanol–water partition coefficient (Wildman–Crippen LogP) is 0.798. The second kappa shape index (κ2) is 5.55. The van der Waals surface area contributed by atoms with Crippen molar-refractivity contribution >= 4 is 18.3 Å². The minimum absolute atomic E-state index is 0. The summed E-state index contributed by atoms with van der Waals surface area (Å²) in [5, 5.41) is 3.27. The van der Waals surface area contributed by atoms with E-state index in [0.717, 1.165) is 45.5 Å². The molecule has 17 heavy (non-hydrogen) atoms. The van der Waals surface area contributed by atoms with Crippen molar-refractivity contribution in [3.8, 4) is 0 Å². The fourth-order valence-electron chi connectivity index (χ4n) is 3.30. The van der Waals surface area contributed by atoms with E-state index in [-0.39, 0.29) is 18.3 Å². The van der Waals surface area contributed by atoms with Gasteiger partial charge < -0.3 is 15.0 Å². The summed E-state index contributed by atoms with van der Waals surface area (Å²) >= 11 is 0. The van der Waals surface area contributed by atoms with E-state index in [9.17, 15) is 4.79 Å². The molecule has 2 heterocycles. The molecule has 0 aromatic rings. The van der Waals surface area contributed by atoms with Crippen LogP contribution in [0.4, 0.5) is 0 Å². The van der Waals surface area contributed by atoms with Crippen molar-refractivity contribution in [3.05, 3.63) is 0 Å². The molecule has 2 aliphatic heterocycles. The maximum Gasteiger partial charge on any atom is 0.227 e. The molecule has 3 unspecified atom stereocenters. The summed E-state index contributed by atoms with van der Waals surface area (Å²) in [6.07, 6.45) is 4.82. The molecule has 3 aliphatic rings. The number of ether oxygens (including phenoxy) is 1. The number of morpholine rings is 1. The van der Waals surface area contributed by atoms with Gasteiger partial charge in [-0.05, 0) is 32.2 Å². The Kier molecular flexibility index (Phi) is 4.28. The van der Waals surface area contributed by atoms with Crippen molar-refractivity contribution in [1.82, 2.24) is 10.2 Å². The summed E-state index contributed by atoms with van der Waals surface area (Å²) < 4.78 is 5.74. The highest BCUT2D eigenvalue weighted by Gasteiger charge is 2.40. The van der Waals surface area contributed by atoms with Crippen LogP contribution in [0.25, 0.3) is 0 Å². The molecular weight excluding hydrogens is 240 g/mol. The molecule has 0 aromatic heterocycles. The molecule has 5 heteroatoms. The molecule has 1 N–H and O–H groups in total. The number of rotatable bonds is 1. The Labute approximate surface area is 108 Å². The maximum atomic E-state index is 12.4. The lowest BCUT2D eigenvalue weighted by atomic mass is 10.0. The summed E-state index contributed by atoms with van der Waals surface area (Å²) in [5.41, 5.74) is 0. The Morgan fingerprint density at radius 3 is 2.94 bits per heavy atom. The Morgan fingerprint density at radius 1 is 1.29 bits per heavy atom. The van der Waals surface area contributed by atoms with Crippen LogP contribution in [0.5, 0.6) is 0 Å². The van der Waals surface area contributed by atoms with E-state index in [1.807, 2.05) is 0 Å². The van der Waals surface area contributed by atoms with Gasteiger partial charge in [-0.15, -0.1) is 12.4 Å². The van der Waals surface area contributed by atoms with Crippen molar-refractivity contribution in [2.75, 3.05) is 26.2 Å². The lowest BCUT2D eigenvalue weighted by molar-refractivity contribution is -0.147. The normalized spacial score (nSPS) is 36.5. The number of hydrogen-bond acceptors (Lipinski definition) is 3. The fraction of sp³-hybridized carbons (Fsp3) is 0.917. The lowest BCUT2D eigenvalue weighted by Crippen LogP contribution is -2.53. The molecule has 3 atom stereocenters. The molecule has 98 valence electrons. The second-order valence-electron chi connectivity index (χ2n) is 5.13. The Hall–Kier alpha value is -0.320. The van der Waals surface area contributed by atoms with E-state index < -0.39 is 0 Å². The number of fused-ring (bicyclic) bond motifs is 1. The van der Waals surface area contributed by atoms with Gasteiger partial charge in [0.15, 0.2) is 0 Å². The van der Waals surface area contributed by atoms with E-state index in [0.29, 0.717) is 18.1 Å². The van der Waals surface area contributed by atoms with Crippen LogP contribution in [0.3, 0.4) is 0 Å². The Balaban J connectivity index is 0.00000108. The zero-order valence-corrected chi connectivity index (χ0v) is 10.9. The molecule has 1 amide bonds. The minimum Gasteiger partial charge on any atom is -0.374 e. The number of nitrogens with one attached hydrogen (secondary N) is 1. The number of carbonyl (C=O) groups excluding carboxylic acids is 1. The predicted molar refractivity (Wildman–Crippen MR) is 67.3 cm³/mol. The topological polar surface area (TPSA) is 41.6 Å². The van der Waals surface area contributed by atoms with Gasteiger partial charge in [-0.3, -0.25) is 4.79 Å². The van der Waals surface area contributed by atoms with Gasteiger partial charge in [0.25, 0.3) is 0 Å².